The van der Waals surface area contributed by atoms with Crippen molar-refractivity contribution in [2.75, 3.05) is 6.54 Å². The standard InChI is InChI=1S/C9H10O4.C4H11N/c1-9(8(12)13)4-2-3-6(5-9)7(10)11;1-2-3-4-5/h2-4H,5H2,1H3,(H,10,11)(H,12,13);2-5H2,1H3. The molecule has 0 amide bonds. The Morgan fingerprint density at radius 2 is 2.06 bits per heavy atom. The third-order valence-electron chi connectivity index (χ3n) is 2.64. The summed E-state index contributed by atoms with van der Waals surface area (Å²) in [5.74, 6) is -2.06. The molecule has 1 atom stereocenters. The predicted octanol–water partition coefficient (Wildman–Crippen LogP) is 1.79. The summed E-state index contributed by atoms with van der Waals surface area (Å²) in [5, 5.41) is 17.5. The van der Waals surface area contributed by atoms with Crippen LogP contribution in [-0.2, 0) is 9.59 Å². The van der Waals surface area contributed by atoms with Crippen molar-refractivity contribution in [3.8, 4) is 0 Å². The molecular formula is C13H21NO4. The molecule has 1 rings (SSSR count). The Hall–Kier alpha value is -1.62. The minimum atomic E-state index is -1.08. The Morgan fingerprint density at radius 3 is 2.39 bits per heavy atom. The van der Waals surface area contributed by atoms with Crippen LogP contribution < -0.4 is 5.73 Å². The van der Waals surface area contributed by atoms with Crippen molar-refractivity contribution >= 4 is 11.9 Å². The molecule has 0 spiro atoms. The van der Waals surface area contributed by atoms with E-state index in [1.165, 1.54) is 38.0 Å². The van der Waals surface area contributed by atoms with Gasteiger partial charge in [0.15, 0.2) is 0 Å². The normalized spacial score (nSPS) is 21.6. The summed E-state index contributed by atoms with van der Waals surface area (Å²) in [6.45, 7) is 4.48. The molecule has 0 fully saturated rings. The summed E-state index contributed by atoms with van der Waals surface area (Å²) in [6.07, 6.45) is 6.82. The van der Waals surface area contributed by atoms with Crippen LogP contribution in [0.1, 0.15) is 33.1 Å². The van der Waals surface area contributed by atoms with Crippen molar-refractivity contribution in [1.82, 2.24) is 0 Å². The van der Waals surface area contributed by atoms with E-state index < -0.39 is 17.4 Å². The van der Waals surface area contributed by atoms with Crippen LogP contribution in [0.25, 0.3) is 0 Å². The third kappa shape index (κ3) is 5.14. The molecule has 0 heterocycles. The summed E-state index contributed by atoms with van der Waals surface area (Å²) in [7, 11) is 0. The zero-order valence-corrected chi connectivity index (χ0v) is 10.8. The van der Waals surface area contributed by atoms with Gasteiger partial charge in [0.25, 0.3) is 0 Å². The van der Waals surface area contributed by atoms with Gasteiger partial charge in [-0.25, -0.2) is 4.79 Å². The first-order valence-electron chi connectivity index (χ1n) is 5.92. The Kier molecular flexibility index (Phi) is 6.97. The molecule has 1 aliphatic carbocycles. The lowest BCUT2D eigenvalue weighted by atomic mass is 9.80. The average Bonchev–Trinajstić information content (AvgIpc) is 2.30. The van der Waals surface area contributed by atoms with Crippen molar-refractivity contribution in [2.24, 2.45) is 11.1 Å². The van der Waals surface area contributed by atoms with Crippen LogP contribution in [0.4, 0.5) is 0 Å². The fourth-order valence-electron chi connectivity index (χ4n) is 1.39. The van der Waals surface area contributed by atoms with Crippen LogP contribution in [0.5, 0.6) is 0 Å². The van der Waals surface area contributed by atoms with E-state index in [2.05, 4.69) is 6.92 Å². The van der Waals surface area contributed by atoms with Crippen molar-refractivity contribution in [3.05, 3.63) is 23.8 Å². The molecule has 5 heteroatoms. The zero-order chi connectivity index (χ0) is 14.2. The molecule has 4 N–H and O–H groups in total. The van der Waals surface area contributed by atoms with Gasteiger partial charge in [-0.05, 0) is 26.3 Å². The highest BCUT2D eigenvalue weighted by atomic mass is 16.4. The number of aliphatic carboxylic acids is 2. The number of carbonyl (C=O) groups is 2. The maximum atomic E-state index is 10.8. The molecule has 0 aromatic rings. The van der Waals surface area contributed by atoms with Gasteiger partial charge >= 0.3 is 11.9 Å². The second-order valence-corrected chi connectivity index (χ2v) is 4.40. The topological polar surface area (TPSA) is 101 Å². The van der Waals surface area contributed by atoms with Crippen LogP contribution in [0.3, 0.4) is 0 Å². The van der Waals surface area contributed by atoms with Crippen LogP contribution in [-0.4, -0.2) is 28.7 Å². The summed E-state index contributed by atoms with van der Waals surface area (Å²) < 4.78 is 0. The van der Waals surface area contributed by atoms with E-state index in [4.69, 9.17) is 15.9 Å². The highest BCUT2D eigenvalue weighted by Gasteiger charge is 2.34. The molecule has 0 radical (unpaired) electrons. The second kappa shape index (κ2) is 7.66. The molecule has 0 bridgehead atoms. The number of unbranched alkanes of at least 4 members (excludes halogenated alkanes) is 1. The molecule has 0 saturated heterocycles. The van der Waals surface area contributed by atoms with Gasteiger partial charge in [0.2, 0.25) is 0 Å². The fraction of sp³-hybridized carbons (Fsp3) is 0.538. The number of hydrogen-bond acceptors (Lipinski definition) is 3. The summed E-state index contributed by atoms with van der Waals surface area (Å²) in [4.78, 5) is 21.3. The summed E-state index contributed by atoms with van der Waals surface area (Å²) >= 11 is 0. The first kappa shape index (κ1) is 16.4. The van der Waals surface area contributed by atoms with Gasteiger partial charge in [-0.15, -0.1) is 0 Å². The van der Waals surface area contributed by atoms with Gasteiger partial charge in [0.05, 0.1) is 5.41 Å². The largest absolute Gasteiger partial charge is 0.481 e. The van der Waals surface area contributed by atoms with E-state index in [1.807, 2.05) is 0 Å². The summed E-state index contributed by atoms with van der Waals surface area (Å²) in [6, 6.07) is 0. The first-order chi connectivity index (χ1) is 8.37. The molecule has 0 aromatic heterocycles. The maximum absolute atomic E-state index is 10.8. The second-order valence-electron chi connectivity index (χ2n) is 4.40. The maximum Gasteiger partial charge on any atom is 0.331 e. The molecule has 1 aliphatic rings. The molecule has 0 aromatic carbocycles. The lowest BCUT2D eigenvalue weighted by Gasteiger charge is -2.23. The molecular weight excluding hydrogens is 234 g/mol. The van der Waals surface area contributed by atoms with Gasteiger partial charge < -0.3 is 15.9 Å². The molecule has 5 nitrogen and oxygen atoms in total. The van der Waals surface area contributed by atoms with E-state index in [1.54, 1.807) is 0 Å². The Balaban J connectivity index is 0.000000494. The number of allylic oxidation sites excluding steroid dienone is 2. The molecule has 0 saturated carbocycles. The summed E-state index contributed by atoms with van der Waals surface area (Å²) in [5.41, 5.74) is 4.19. The quantitative estimate of drug-likeness (QED) is 0.711. The third-order valence-corrected chi connectivity index (χ3v) is 2.64. The molecule has 0 aliphatic heterocycles. The van der Waals surface area contributed by atoms with Crippen molar-refractivity contribution < 1.29 is 19.8 Å². The van der Waals surface area contributed by atoms with Crippen LogP contribution in [0.2, 0.25) is 0 Å². The minimum Gasteiger partial charge on any atom is -0.481 e. The fourth-order valence-corrected chi connectivity index (χ4v) is 1.39. The van der Waals surface area contributed by atoms with Crippen molar-refractivity contribution in [3.63, 3.8) is 0 Å². The minimum absolute atomic E-state index is 0.0359. The lowest BCUT2D eigenvalue weighted by molar-refractivity contribution is -0.145. The van der Waals surface area contributed by atoms with Crippen LogP contribution >= 0.6 is 0 Å². The van der Waals surface area contributed by atoms with Gasteiger partial charge in [0, 0.05) is 5.57 Å². The van der Waals surface area contributed by atoms with Crippen molar-refractivity contribution in [1.29, 1.82) is 0 Å². The number of carboxylic acids is 2. The molecule has 1 unspecified atom stereocenters. The van der Waals surface area contributed by atoms with E-state index in [0.29, 0.717) is 0 Å². The smallest absolute Gasteiger partial charge is 0.331 e. The van der Waals surface area contributed by atoms with Gasteiger partial charge in [-0.2, -0.15) is 0 Å². The zero-order valence-electron chi connectivity index (χ0n) is 10.8. The average molecular weight is 255 g/mol. The Labute approximate surface area is 107 Å². The van der Waals surface area contributed by atoms with Gasteiger partial charge in [0.1, 0.15) is 0 Å². The number of rotatable bonds is 4. The van der Waals surface area contributed by atoms with E-state index >= 15 is 0 Å². The van der Waals surface area contributed by atoms with Crippen molar-refractivity contribution in [2.45, 2.75) is 33.1 Å². The van der Waals surface area contributed by atoms with Crippen LogP contribution in [0.15, 0.2) is 23.8 Å². The van der Waals surface area contributed by atoms with E-state index in [9.17, 15) is 9.59 Å². The van der Waals surface area contributed by atoms with E-state index in [0.717, 1.165) is 6.54 Å². The number of nitrogens with two attached hydrogens (primary N) is 1. The SMILES string of the molecule is CC1(C(=O)O)C=CC=C(C(=O)O)C1.CCCCN. The van der Waals surface area contributed by atoms with Gasteiger partial charge in [-0.1, -0.05) is 31.6 Å². The Morgan fingerprint density at radius 1 is 1.44 bits per heavy atom. The first-order valence-corrected chi connectivity index (χ1v) is 5.92. The predicted molar refractivity (Wildman–Crippen MR) is 69.2 cm³/mol. The monoisotopic (exact) mass is 255 g/mol. The molecule has 102 valence electrons. The molecule has 18 heavy (non-hydrogen) atoms. The number of hydrogen-bond donors (Lipinski definition) is 3. The highest BCUT2D eigenvalue weighted by molar-refractivity contribution is 5.90. The lowest BCUT2D eigenvalue weighted by Crippen LogP contribution is -2.28. The number of carboxylic acid groups (broad SMARTS) is 2. The van der Waals surface area contributed by atoms with Crippen LogP contribution in [0, 0.1) is 5.41 Å². The Bertz CT molecular complexity index is 358. The highest BCUT2D eigenvalue weighted by Crippen LogP contribution is 2.31. The van der Waals surface area contributed by atoms with E-state index in [-0.39, 0.29) is 12.0 Å². The van der Waals surface area contributed by atoms with Gasteiger partial charge in [-0.3, -0.25) is 4.79 Å².